The minimum Gasteiger partial charge on any atom is -0.465 e. The molecule has 1 amide bonds. The quantitative estimate of drug-likeness (QED) is 0.496. The zero-order valence-electron chi connectivity index (χ0n) is 12.9. The molecular formula is C13H19N7O2S. The van der Waals surface area contributed by atoms with Crippen molar-refractivity contribution in [3.63, 3.8) is 0 Å². The van der Waals surface area contributed by atoms with E-state index in [1.54, 1.807) is 11.7 Å². The maximum Gasteiger partial charge on any atom is 0.238 e. The van der Waals surface area contributed by atoms with Gasteiger partial charge in [-0.1, -0.05) is 11.8 Å². The van der Waals surface area contributed by atoms with E-state index in [1.807, 2.05) is 19.1 Å². The fourth-order valence-corrected chi connectivity index (χ4v) is 3.04. The number of nitrogens with zero attached hydrogens (tertiary/aromatic N) is 4. The van der Waals surface area contributed by atoms with Crippen molar-refractivity contribution in [1.82, 2.24) is 36.4 Å². The summed E-state index contributed by atoms with van der Waals surface area (Å²) in [5, 5.41) is 14.8. The third kappa shape index (κ3) is 3.89. The van der Waals surface area contributed by atoms with Crippen LogP contribution in [0.25, 0.3) is 0 Å². The molecule has 0 spiro atoms. The van der Waals surface area contributed by atoms with Gasteiger partial charge in [-0.15, -0.1) is 5.10 Å². The monoisotopic (exact) mass is 337 g/mol. The Balaban J connectivity index is 1.40. The third-order valence-corrected chi connectivity index (χ3v) is 4.55. The van der Waals surface area contributed by atoms with Gasteiger partial charge in [0.15, 0.2) is 0 Å². The molecule has 3 rings (SSSR count). The van der Waals surface area contributed by atoms with Crippen LogP contribution >= 0.6 is 11.8 Å². The molecule has 9 nitrogen and oxygen atoms in total. The molecule has 3 N–H and O–H groups in total. The van der Waals surface area contributed by atoms with Crippen molar-refractivity contribution in [2.75, 3.05) is 12.3 Å². The van der Waals surface area contributed by atoms with Gasteiger partial charge in [0.1, 0.15) is 17.6 Å². The molecule has 23 heavy (non-hydrogen) atoms. The number of amides is 1. The normalized spacial score (nSPS) is 20.8. The highest BCUT2D eigenvalue weighted by Gasteiger charge is 2.31. The first-order chi connectivity index (χ1) is 11.1. The van der Waals surface area contributed by atoms with Crippen molar-refractivity contribution < 1.29 is 9.21 Å². The second-order valence-electron chi connectivity index (χ2n) is 5.30. The number of carbonyl (C=O) groups excluding carboxylic acids is 1. The summed E-state index contributed by atoms with van der Waals surface area (Å²) in [7, 11) is 1.78. The summed E-state index contributed by atoms with van der Waals surface area (Å²) in [6.45, 7) is 2.46. The predicted molar refractivity (Wildman–Crippen MR) is 83.4 cm³/mol. The van der Waals surface area contributed by atoms with Gasteiger partial charge in [-0.05, 0) is 35.9 Å². The SMILES string of the molecule is Cc1ccc(C2CC(C(=O)NCCSc3nnnn3C)NN2)o1. The Bertz CT molecular complexity index is 671. The number of hydrogen-bond donors (Lipinski definition) is 3. The number of aryl methyl sites for hydroxylation is 2. The number of aromatic nitrogens is 4. The zero-order chi connectivity index (χ0) is 16.2. The molecule has 2 atom stereocenters. The van der Waals surface area contributed by atoms with Crippen molar-refractivity contribution >= 4 is 17.7 Å². The summed E-state index contributed by atoms with van der Waals surface area (Å²) >= 11 is 1.50. The van der Waals surface area contributed by atoms with Gasteiger partial charge >= 0.3 is 0 Å². The van der Waals surface area contributed by atoms with E-state index in [-0.39, 0.29) is 18.0 Å². The highest BCUT2D eigenvalue weighted by molar-refractivity contribution is 7.99. The topological polar surface area (TPSA) is 110 Å². The second-order valence-corrected chi connectivity index (χ2v) is 6.36. The summed E-state index contributed by atoms with van der Waals surface area (Å²) < 4.78 is 7.19. The van der Waals surface area contributed by atoms with Gasteiger partial charge in [0.05, 0.1) is 6.04 Å². The standard InChI is InChI=1S/C13H19N7O2S/c1-8-3-4-11(22-8)9-7-10(16-15-9)12(21)14-5-6-23-13-17-18-19-20(13)2/h3-4,9-10,15-16H,5-7H2,1-2H3,(H,14,21). The van der Waals surface area contributed by atoms with Gasteiger partial charge in [0.25, 0.3) is 0 Å². The van der Waals surface area contributed by atoms with Crippen LogP contribution < -0.4 is 16.2 Å². The van der Waals surface area contributed by atoms with Crippen LogP contribution in [0.5, 0.6) is 0 Å². The molecule has 2 unspecified atom stereocenters. The molecular weight excluding hydrogens is 318 g/mol. The largest absolute Gasteiger partial charge is 0.465 e. The van der Waals surface area contributed by atoms with Crippen LogP contribution in [0, 0.1) is 6.92 Å². The third-order valence-electron chi connectivity index (χ3n) is 3.54. The molecule has 0 saturated carbocycles. The molecule has 0 bridgehead atoms. The fourth-order valence-electron chi connectivity index (χ4n) is 2.34. The van der Waals surface area contributed by atoms with Crippen molar-refractivity contribution in [3.05, 3.63) is 23.7 Å². The highest BCUT2D eigenvalue weighted by atomic mass is 32.2. The molecule has 2 aromatic rings. The Hall–Kier alpha value is -1.91. The Morgan fingerprint density at radius 3 is 3.09 bits per heavy atom. The lowest BCUT2D eigenvalue weighted by Crippen LogP contribution is -2.43. The maximum absolute atomic E-state index is 12.2. The molecule has 0 radical (unpaired) electrons. The Kier molecular flexibility index (Phi) is 4.94. The van der Waals surface area contributed by atoms with Crippen molar-refractivity contribution in [3.8, 4) is 0 Å². The molecule has 2 aromatic heterocycles. The summed E-state index contributed by atoms with van der Waals surface area (Å²) in [5.74, 6) is 2.39. The number of hydrazine groups is 1. The van der Waals surface area contributed by atoms with E-state index in [0.29, 0.717) is 18.7 Å². The summed E-state index contributed by atoms with van der Waals surface area (Å²) in [5.41, 5.74) is 6.11. The average molecular weight is 337 g/mol. The van der Waals surface area contributed by atoms with E-state index in [2.05, 4.69) is 31.7 Å². The van der Waals surface area contributed by atoms with Gasteiger partial charge < -0.3 is 9.73 Å². The van der Waals surface area contributed by atoms with Crippen LogP contribution in [0.2, 0.25) is 0 Å². The van der Waals surface area contributed by atoms with E-state index in [9.17, 15) is 4.79 Å². The lowest BCUT2D eigenvalue weighted by Gasteiger charge is -2.09. The van der Waals surface area contributed by atoms with Crippen LogP contribution in [0.4, 0.5) is 0 Å². The molecule has 1 saturated heterocycles. The minimum absolute atomic E-state index is 0.0125. The molecule has 1 fully saturated rings. The summed E-state index contributed by atoms with van der Waals surface area (Å²) in [6.07, 6.45) is 0.652. The lowest BCUT2D eigenvalue weighted by molar-refractivity contribution is -0.122. The maximum atomic E-state index is 12.2. The molecule has 1 aliphatic rings. The first kappa shape index (κ1) is 16.0. The number of furan rings is 1. The average Bonchev–Trinajstić information content (AvgIpc) is 3.24. The van der Waals surface area contributed by atoms with Crippen LogP contribution in [0.15, 0.2) is 21.7 Å². The molecule has 10 heteroatoms. The lowest BCUT2D eigenvalue weighted by atomic mass is 10.1. The Morgan fingerprint density at radius 2 is 2.39 bits per heavy atom. The van der Waals surface area contributed by atoms with Crippen LogP contribution in [0.1, 0.15) is 24.0 Å². The van der Waals surface area contributed by atoms with E-state index in [4.69, 9.17) is 4.42 Å². The summed E-state index contributed by atoms with van der Waals surface area (Å²) in [6, 6.07) is 3.59. The van der Waals surface area contributed by atoms with Gasteiger partial charge in [-0.25, -0.2) is 15.5 Å². The Labute approximate surface area is 137 Å². The predicted octanol–water partition coefficient (Wildman–Crippen LogP) is -0.0724. The van der Waals surface area contributed by atoms with E-state index in [0.717, 1.165) is 16.7 Å². The first-order valence-corrected chi connectivity index (χ1v) is 8.32. The second kappa shape index (κ2) is 7.11. The number of thioether (sulfide) groups is 1. The van der Waals surface area contributed by atoms with Gasteiger partial charge in [0, 0.05) is 19.3 Å². The molecule has 124 valence electrons. The van der Waals surface area contributed by atoms with Crippen molar-refractivity contribution in [2.45, 2.75) is 30.6 Å². The molecule has 0 aromatic carbocycles. The zero-order valence-corrected chi connectivity index (χ0v) is 13.8. The molecule has 1 aliphatic heterocycles. The van der Waals surface area contributed by atoms with Gasteiger partial charge in [-0.3, -0.25) is 4.79 Å². The fraction of sp³-hybridized carbons (Fsp3) is 0.538. The number of nitrogens with one attached hydrogen (secondary N) is 3. The van der Waals surface area contributed by atoms with Crippen LogP contribution in [-0.2, 0) is 11.8 Å². The van der Waals surface area contributed by atoms with Crippen molar-refractivity contribution in [1.29, 1.82) is 0 Å². The van der Waals surface area contributed by atoms with Crippen LogP contribution in [-0.4, -0.2) is 44.5 Å². The summed E-state index contributed by atoms with van der Waals surface area (Å²) in [4.78, 5) is 12.2. The smallest absolute Gasteiger partial charge is 0.238 e. The van der Waals surface area contributed by atoms with Crippen molar-refractivity contribution in [2.24, 2.45) is 7.05 Å². The number of rotatable bonds is 6. The minimum atomic E-state index is -0.271. The number of hydrogen-bond acceptors (Lipinski definition) is 8. The number of carbonyl (C=O) groups is 1. The molecule has 0 aliphatic carbocycles. The first-order valence-electron chi connectivity index (χ1n) is 7.34. The van der Waals surface area contributed by atoms with E-state index < -0.39 is 0 Å². The Morgan fingerprint density at radius 1 is 1.52 bits per heavy atom. The van der Waals surface area contributed by atoms with Gasteiger partial charge in [0.2, 0.25) is 11.1 Å². The van der Waals surface area contributed by atoms with Gasteiger partial charge in [-0.2, -0.15) is 0 Å². The molecule has 3 heterocycles. The van der Waals surface area contributed by atoms with E-state index in [1.165, 1.54) is 11.8 Å². The van der Waals surface area contributed by atoms with Crippen LogP contribution in [0.3, 0.4) is 0 Å². The van der Waals surface area contributed by atoms with E-state index >= 15 is 0 Å². The highest BCUT2D eigenvalue weighted by Crippen LogP contribution is 2.23. The number of tetrazole rings is 1.